The summed E-state index contributed by atoms with van der Waals surface area (Å²) in [6, 6.07) is 17.8. The van der Waals surface area contributed by atoms with Gasteiger partial charge in [-0.05, 0) is 29.3 Å². The maximum absolute atomic E-state index is 12.6. The van der Waals surface area contributed by atoms with Crippen molar-refractivity contribution in [3.8, 4) is 16.8 Å². The van der Waals surface area contributed by atoms with Gasteiger partial charge < -0.3 is 20.5 Å². The first-order valence-corrected chi connectivity index (χ1v) is 8.80. The average molecular weight is 360 g/mol. The van der Waals surface area contributed by atoms with E-state index in [1.807, 2.05) is 65.4 Å². The zero-order valence-electron chi connectivity index (χ0n) is 15.0. The fourth-order valence-electron chi connectivity index (χ4n) is 3.29. The van der Waals surface area contributed by atoms with Crippen molar-refractivity contribution < 1.29 is 9.59 Å². The number of carbonyl (C=O) groups is 2. The van der Waals surface area contributed by atoms with Gasteiger partial charge in [-0.3, -0.25) is 9.59 Å². The topological polar surface area (TPSA) is 75.2 Å². The van der Waals surface area contributed by atoms with Gasteiger partial charge in [-0.1, -0.05) is 36.4 Å². The van der Waals surface area contributed by atoms with Gasteiger partial charge in [-0.2, -0.15) is 0 Å². The first kappa shape index (κ1) is 16.9. The summed E-state index contributed by atoms with van der Waals surface area (Å²) < 4.78 is 2.00. The second kappa shape index (κ2) is 6.99. The quantitative estimate of drug-likeness (QED) is 0.670. The number of carbonyl (C=O) groups excluding carboxylic acids is 2. The molecule has 3 aromatic rings. The van der Waals surface area contributed by atoms with Gasteiger partial charge in [0.15, 0.2) is 0 Å². The molecule has 0 saturated heterocycles. The second-order valence-corrected chi connectivity index (χ2v) is 6.44. The summed E-state index contributed by atoms with van der Waals surface area (Å²) >= 11 is 0. The van der Waals surface area contributed by atoms with Crippen LogP contribution in [0.1, 0.15) is 22.8 Å². The number of benzene rings is 2. The summed E-state index contributed by atoms with van der Waals surface area (Å²) in [7, 11) is 0. The number of anilines is 1. The van der Waals surface area contributed by atoms with E-state index in [0.717, 1.165) is 28.2 Å². The van der Waals surface area contributed by atoms with Crippen molar-refractivity contribution in [1.29, 1.82) is 0 Å². The molecule has 6 heteroatoms. The van der Waals surface area contributed by atoms with E-state index < -0.39 is 0 Å². The van der Waals surface area contributed by atoms with Crippen LogP contribution < -0.4 is 16.0 Å². The maximum atomic E-state index is 12.6. The Labute approximate surface area is 157 Å². The average Bonchev–Trinajstić information content (AvgIpc) is 3.08. The van der Waals surface area contributed by atoms with Crippen molar-refractivity contribution in [1.82, 2.24) is 15.2 Å². The first-order chi connectivity index (χ1) is 13.1. The van der Waals surface area contributed by atoms with Crippen LogP contribution in [0.15, 0.2) is 60.8 Å². The Morgan fingerprint density at radius 2 is 1.93 bits per heavy atom. The van der Waals surface area contributed by atoms with Gasteiger partial charge >= 0.3 is 0 Å². The summed E-state index contributed by atoms with van der Waals surface area (Å²) in [6.45, 7) is 2.34. The molecule has 0 atom stereocenters. The zero-order valence-corrected chi connectivity index (χ0v) is 15.0. The number of nitrogens with one attached hydrogen (secondary N) is 3. The molecule has 0 aliphatic carbocycles. The molecule has 2 aromatic carbocycles. The molecule has 1 aromatic heterocycles. The van der Waals surface area contributed by atoms with Crippen molar-refractivity contribution in [2.45, 2.75) is 13.5 Å². The normalized spacial score (nSPS) is 12.7. The van der Waals surface area contributed by atoms with E-state index in [1.165, 1.54) is 6.92 Å². The molecule has 2 heterocycles. The molecular weight excluding hydrogens is 340 g/mol. The predicted octanol–water partition coefficient (Wildman–Crippen LogP) is 2.89. The van der Waals surface area contributed by atoms with Gasteiger partial charge in [0.05, 0.1) is 12.2 Å². The SMILES string of the molecule is CC(=O)NCc1cccc(-c2cn(-c3ccccc3)c3c2C(=O)NCN3)c1. The predicted molar refractivity (Wildman–Crippen MR) is 105 cm³/mol. The fraction of sp³-hybridized carbons (Fsp3) is 0.143. The van der Waals surface area contributed by atoms with Gasteiger partial charge in [0.1, 0.15) is 5.82 Å². The number of nitrogens with zero attached hydrogens (tertiary/aromatic N) is 1. The van der Waals surface area contributed by atoms with Crippen LogP contribution in [0.3, 0.4) is 0 Å². The van der Waals surface area contributed by atoms with Crippen LogP contribution in [-0.2, 0) is 11.3 Å². The Hall–Kier alpha value is -3.54. The van der Waals surface area contributed by atoms with E-state index in [0.29, 0.717) is 18.8 Å². The third kappa shape index (κ3) is 3.29. The van der Waals surface area contributed by atoms with Crippen molar-refractivity contribution in [3.05, 3.63) is 71.9 Å². The van der Waals surface area contributed by atoms with Crippen LogP contribution in [0.5, 0.6) is 0 Å². The van der Waals surface area contributed by atoms with Crippen molar-refractivity contribution in [3.63, 3.8) is 0 Å². The Bertz CT molecular complexity index is 1010. The maximum Gasteiger partial charge on any atom is 0.257 e. The molecule has 2 amide bonds. The van der Waals surface area contributed by atoms with Crippen LogP contribution in [0.4, 0.5) is 5.82 Å². The van der Waals surface area contributed by atoms with Gasteiger partial charge in [0.2, 0.25) is 5.91 Å². The first-order valence-electron chi connectivity index (χ1n) is 8.80. The lowest BCUT2D eigenvalue weighted by atomic mass is 10.0. The number of aromatic nitrogens is 1. The Morgan fingerprint density at radius 3 is 2.70 bits per heavy atom. The third-order valence-electron chi connectivity index (χ3n) is 4.55. The molecule has 0 unspecified atom stereocenters. The molecule has 0 fully saturated rings. The number of fused-ring (bicyclic) bond motifs is 1. The van der Waals surface area contributed by atoms with Crippen LogP contribution in [0, 0.1) is 0 Å². The lowest BCUT2D eigenvalue weighted by Gasteiger charge is -2.19. The van der Waals surface area contributed by atoms with E-state index in [4.69, 9.17) is 0 Å². The Kier molecular flexibility index (Phi) is 4.38. The van der Waals surface area contributed by atoms with Gasteiger partial charge in [-0.25, -0.2) is 0 Å². The largest absolute Gasteiger partial charge is 0.353 e. The lowest BCUT2D eigenvalue weighted by molar-refractivity contribution is -0.119. The van der Waals surface area contributed by atoms with Gasteiger partial charge in [0.25, 0.3) is 5.91 Å². The molecular formula is C21H20N4O2. The molecule has 136 valence electrons. The number of hydrogen-bond acceptors (Lipinski definition) is 3. The Balaban J connectivity index is 1.82. The summed E-state index contributed by atoms with van der Waals surface area (Å²) in [5, 5.41) is 8.93. The molecule has 4 rings (SSSR count). The molecule has 27 heavy (non-hydrogen) atoms. The minimum Gasteiger partial charge on any atom is -0.353 e. The highest BCUT2D eigenvalue weighted by molar-refractivity contribution is 6.07. The molecule has 1 aliphatic rings. The molecule has 0 bridgehead atoms. The van der Waals surface area contributed by atoms with Gasteiger partial charge in [0, 0.05) is 30.9 Å². The third-order valence-corrected chi connectivity index (χ3v) is 4.55. The lowest BCUT2D eigenvalue weighted by Crippen LogP contribution is -2.35. The van der Waals surface area contributed by atoms with Crippen molar-refractivity contribution in [2.24, 2.45) is 0 Å². The van der Waals surface area contributed by atoms with Crippen LogP contribution in [-0.4, -0.2) is 23.1 Å². The number of hydrogen-bond donors (Lipinski definition) is 3. The number of para-hydroxylation sites is 1. The summed E-state index contributed by atoms with van der Waals surface area (Å²) in [5.41, 5.74) is 4.37. The highest BCUT2D eigenvalue weighted by Crippen LogP contribution is 2.35. The monoisotopic (exact) mass is 360 g/mol. The number of amides is 2. The second-order valence-electron chi connectivity index (χ2n) is 6.44. The van der Waals surface area contributed by atoms with Crippen LogP contribution in [0.25, 0.3) is 16.8 Å². The van der Waals surface area contributed by atoms with Crippen LogP contribution in [0.2, 0.25) is 0 Å². The van der Waals surface area contributed by atoms with E-state index in [9.17, 15) is 9.59 Å². The minimum absolute atomic E-state index is 0.0726. The molecule has 3 N–H and O–H groups in total. The van der Waals surface area contributed by atoms with Crippen molar-refractivity contribution >= 4 is 17.6 Å². The zero-order chi connectivity index (χ0) is 18.8. The molecule has 0 spiro atoms. The summed E-state index contributed by atoms with van der Waals surface area (Å²) in [5.74, 6) is 0.615. The highest BCUT2D eigenvalue weighted by atomic mass is 16.2. The van der Waals surface area contributed by atoms with E-state index in [2.05, 4.69) is 16.0 Å². The highest BCUT2D eigenvalue weighted by Gasteiger charge is 2.26. The molecule has 1 aliphatic heterocycles. The molecule has 6 nitrogen and oxygen atoms in total. The smallest absolute Gasteiger partial charge is 0.257 e. The standard InChI is InChI=1S/C21H20N4O2/c1-14(26)22-11-15-6-5-7-16(10-15)18-12-25(17-8-3-2-4-9-17)20-19(18)21(27)24-13-23-20/h2-10,12,23H,11,13H2,1H3,(H,22,26)(H,24,27). The van der Waals surface area contributed by atoms with E-state index in [1.54, 1.807) is 0 Å². The molecule has 0 saturated carbocycles. The molecule has 0 radical (unpaired) electrons. The number of rotatable bonds is 4. The van der Waals surface area contributed by atoms with Gasteiger partial charge in [-0.15, -0.1) is 0 Å². The van der Waals surface area contributed by atoms with Crippen molar-refractivity contribution in [2.75, 3.05) is 12.0 Å². The van der Waals surface area contributed by atoms with Crippen LogP contribution >= 0.6 is 0 Å². The summed E-state index contributed by atoms with van der Waals surface area (Å²) in [4.78, 5) is 23.8. The summed E-state index contributed by atoms with van der Waals surface area (Å²) in [6.07, 6.45) is 1.98. The van der Waals surface area contributed by atoms with E-state index >= 15 is 0 Å². The van der Waals surface area contributed by atoms with E-state index in [-0.39, 0.29) is 11.8 Å². The Morgan fingerprint density at radius 1 is 1.11 bits per heavy atom. The minimum atomic E-state index is -0.0966. The fourth-order valence-corrected chi connectivity index (χ4v) is 3.29.